The molecular weight excluding hydrogens is 445 g/mol. The van der Waals surface area contributed by atoms with Crippen molar-refractivity contribution in [1.82, 2.24) is 9.38 Å². The van der Waals surface area contributed by atoms with Crippen molar-refractivity contribution >= 4 is 17.3 Å². The minimum Gasteiger partial charge on any atom is -0.459 e. The lowest BCUT2D eigenvalue weighted by molar-refractivity contribution is -0.133. The third-order valence-corrected chi connectivity index (χ3v) is 5.66. The van der Waals surface area contributed by atoms with E-state index in [1.807, 2.05) is 38.1 Å². The number of fused-ring (bicyclic) bond motifs is 1. The van der Waals surface area contributed by atoms with Crippen LogP contribution >= 0.6 is 0 Å². The van der Waals surface area contributed by atoms with Crippen molar-refractivity contribution in [1.29, 1.82) is 0 Å². The van der Waals surface area contributed by atoms with Crippen LogP contribution in [0.5, 0.6) is 0 Å². The van der Waals surface area contributed by atoms with Gasteiger partial charge in [0.1, 0.15) is 11.5 Å². The number of pyridine rings is 1. The Kier molecular flexibility index (Phi) is 6.65. The Bertz CT molecular complexity index is 1560. The van der Waals surface area contributed by atoms with E-state index in [9.17, 15) is 14.0 Å². The van der Waals surface area contributed by atoms with Gasteiger partial charge in [0.05, 0.1) is 24.5 Å². The molecule has 6 nitrogen and oxygen atoms in total. The van der Waals surface area contributed by atoms with Crippen LogP contribution < -0.4 is 10.9 Å². The Morgan fingerprint density at radius 1 is 1.14 bits per heavy atom. The zero-order chi connectivity index (χ0) is 25.1. The minimum absolute atomic E-state index is 0.212. The third-order valence-electron chi connectivity index (χ3n) is 5.66. The number of methoxy groups -OCH3 is 1. The van der Waals surface area contributed by atoms with Crippen molar-refractivity contribution in [2.45, 2.75) is 26.8 Å². The third kappa shape index (κ3) is 4.92. The molecule has 176 valence electrons. The quantitative estimate of drug-likeness (QED) is 0.343. The smallest absolute Gasteiger partial charge is 0.384 e. The van der Waals surface area contributed by atoms with E-state index in [-0.39, 0.29) is 11.6 Å². The van der Waals surface area contributed by atoms with Crippen LogP contribution in [-0.2, 0) is 9.53 Å². The second-order valence-electron chi connectivity index (χ2n) is 8.22. The molecule has 0 radical (unpaired) electrons. The lowest BCUT2D eigenvalue weighted by Crippen LogP contribution is -2.22. The number of ether oxygens (including phenoxy) is 1. The number of esters is 1. The van der Waals surface area contributed by atoms with E-state index >= 15 is 0 Å². The average Bonchev–Trinajstić information content (AvgIpc) is 2.85. The highest BCUT2D eigenvalue weighted by atomic mass is 19.1. The number of aromatic nitrogens is 2. The van der Waals surface area contributed by atoms with Gasteiger partial charge < -0.3 is 10.1 Å². The Morgan fingerprint density at radius 2 is 1.91 bits per heavy atom. The first kappa shape index (κ1) is 23.7. The molecular formula is C28H24FN3O3. The summed E-state index contributed by atoms with van der Waals surface area (Å²) >= 11 is 0. The molecule has 0 bridgehead atoms. The second kappa shape index (κ2) is 9.82. The zero-order valence-corrected chi connectivity index (χ0v) is 19.8. The normalized spacial score (nSPS) is 11.5. The van der Waals surface area contributed by atoms with Crippen LogP contribution in [0.15, 0.2) is 65.6 Å². The molecule has 35 heavy (non-hydrogen) atoms. The van der Waals surface area contributed by atoms with Gasteiger partial charge in [-0.1, -0.05) is 30.2 Å². The number of aryl methyl sites for hydroxylation is 1. The van der Waals surface area contributed by atoms with Gasteiger partial charge >= 0.3 is 5.97 Å². The molecule has 4 rings (SSSR count). The standard InChI is InChI=1S/C28H24FN3O3/c1-17-14-23(19(3)30-24-11-6-5-8-20(24)12-13-25(33)35-4)27-31-26(18(2)28(34)32(27)16-17)21-9-7-10-22(29)15-21/h5-11,14-16,19,30H,1-4H3. The topological polar surface area (TPSA) is 72.7 Å². The van der Waals surface area contributed by atoms with Gasteiger partial charge in [0, 0.05) is 34.4 Å². The number of carbonyl (C=O) groups is 1. The predicted octanol–water partition coefficient (Wildman–Crippen LogP) is 4.82. The van der Waals surface area contributed by atoms with Gasteiger partial charge in [-0.3, -0.25) is 9.20 Å². The summed E-state index contributed by atoms with van der Waals surface area (Å²) in [6, 6.07) is 15.1. The number of halogens is 1. The van der Waals surface area contributed by atoms with Crippen LogP contribution in [0.1, 0.15) is 35.2 Å². The number of benzene rings is 2. The van der Waals surface area contributed by atoms with E-state index in [2.05, 4.69) is 21.9 Å². The maximum atomic E-state index is 13.9. The molecule has 0 amide bonds. The number of nitrogens with one attached hydrogen (secondary N) is 1. The van der Waals surface area contributed by atoms with Crippen molar-refractivity contribution in [3.63, 3.8) is 0 Å². The summed E-state index contributed by atoms with van der Waals surface area (Å²) < 4.78 is 20.0. The highest BCUT2D eigenvalue weighted by Gasteiger charge is 2.18. The van der Waals surface area contributed by atoms with Gasteiger partial charge in [-0.2, -0.15) is 0 Å². The van der Waals surface area contributed by atoms with Crippen LogP contribution in [0.25, 0.3) is 16.9 Å². The van der Waals surface area contributed by atoms with Crippen LogP contribution in [0.3, 0.4) is 0 Å². The first-order valence-electron chi connectivity index (χ1n) is 11.0. The van der Waals surface area contributed by atoms with E-state index in [1.54, 1.807) is 31.3 Å². The molecule has 0 saturated heterocycles. The molecule has 0 aliphatic heterocycles. The minimum atomic E-state index is -0.624. The highest BCUT2D eigenvalue weighted by molar-refractivity contribution is 5.89. The number of anilines is 1. The SMILES string of the molecule is COC(=O)C#Cc1ccccc1NC(C)c1cc(C)cn2c(=O)c(C)c(-c3cccc(F)c3)nc12. The van der Waals surface area contributed by atoms with Gasteiger partial charge in [-0.15, -0.1) is 0 Å². The number of hydrogen-bond donors (Lipinski definition) is 1. The van der Waals surface area contributed by atoms with E-state index in [1.165, 1.54) is 23.6 Å². The van der Waals surface area contributed by atoms with Gasteiger partial charge in [0.15, 0.2) is 0 Å². The van der Waals surface area contributed by atoms with Crippen LogP contribution in [0, 0.1) is 31.5 Å². The zero-order valence-electron chi connectivity index (χ0n) is 19.8. The molecule has 0 aliphatic rings. The lowest BCUT2D eigenvalue weighted by Gasteiger charge is -2.20. The molecule has 7 heteroatoms. The van der Waals surface area contributed by atoms with E-state index in [4.69, 9.17) is 4.98 Å². The maximum Gasteiger partial charge on any atom is 0.384 e. The number of nitrogens with zero attached hydrogens (tertiary/aromatic N) is 2. The predicted molar refractivity (Wildman–Crippen MR) is 134 cm³/mol. The Morgan fingerprint density at radius 3 is 2.66 bits per heavy atom. The first-order valence-corrected chi connectivity index (χ1v) is 11.0. The number of carbonyl (C=O) groups excluding carboxylic acids is 1. The molecule has 0 fully saturated rings. The largest absolute Gasteiger partial charge is 0.459 e. The second-order valence-corrected chi connectivity index (χ2v) is 8.22. The van der Waals surface area contributed by atoms with Crippen LogP contribution in [0.4, 0.5) is 10.1 Å². The summed E-state index contributed by atoms with van der Waals surface area (Å²) in [5.41, 5.74) is 4.71. The van der Waals surface area contributed by atoms with E-state index < -0.39 is 11.8 Å². The number of hydrogen-bond acceptors (Lipinski definition) is 5. The summed E-state index contributed by atoms with van der Waals surface area (Å²) in [5.74, 6) is 4.25. The van der Waals surface area contributed by atoms with Crippen molar-refractivity contribution in [2.24, 2.45) is 0 Å². The highest BCUT2D eigenvalue weighted by Crippen LogP contribution is 2.27. The molecule has 2 aromatic carbocycles. The summed E-state index contributed by atoms with van der Waals surface area (Å²) in [5, 5.41) is 3.42. The lowest BCUT2D eigenvalue weighted by atomic mass is 10.0. The number of rotatable bonds is 4. The molecule has 2 aromatic heterocycles. The summed E-state index contributed by atoms with van der Waals surface area (Å²) in [6.07, 6.45) is 1.75. The van der Waals surface area contributed by atoms with Gasteiger partial charge in [0.2, 0.25) is 0 Å². The molecule has 4 aromatic rings. The Balaban J connectivity index is 1.83. The monoisotopic (exact) mass is 469 g/mol. The van der Waals surface area contributed by atoms with Crippen LogP contribution in [0.2, 0.25) is 0 Å². The van der Waals surface area contributed by atoms with Gasteiger partial charge in [0.25, 0.3) is 5.56 Å². The molecule has 1 unspecified atom stereocenters. The average molecular weight is 470 g/mol. The number of para-hydroxylation sites is 1. The summed E-state index contributed by atoms with van der Waals surface area (Å²) in [7, 11) is 1.28. The maximum absolute atomic E-state index is 13.9. The van der Waals surface area contributed by atoms with E-state index in [0.717, 1.165) is 16.8 Å². The summed E-state index contributed by atoms with van der Waals surface area (Å²) in [4.78, 5) is 29.6. The fraction of sp³-hybridized carbons (Fsp3) is 0.179. The molecule has 0 spiro atoms. The molecule has 1 N–H and O–H groups in total. The van der Waals surface area contributed by atoms with Crippen molar-refractivity contribution in [3.05, 3.63) is 99.2 Å². The van der Waals surface area contributed by atoms with Crippen molar-refractivity contribution in [3.8, 4) is 23.1 Å². The molecule has 1 atom stereocenters. The first-order chi connectivity index (χ1) is 16.8. The Hall–Kier alpha value is -4.44. The molecule has 0 aliphatic carbocycles. The van der Waals surface area contributed by atoms with Crippen molar-refractivity contribution < 1.29 is 13.9 Å². The molecule has 0 saturated carbocycles. The van der Waals surface area contributed by atoms with Crippen molar-refractivity contribution in [2.75, 3.05) is 12.4 Å². The Labute approximate surface area is 202 Å². The van der Waals surface area contributed by atoms with Gasteiger partial charge in [-0.05, 0) is 56.7 Å². The molecule has 2 heterocycles. The summed E-state index contributed by atoms with van der Waals surface area (Å²) in [6.45, 7) is 5.56. The fourth-order valence-corrected chi connectivity index (χ4v) is 3.93. The van der Waals surface area contributed by atoms with E-state index in [0.29, 0.717) is 28.0 Å². The van der Waals surface area contributed by atoms with Crippen LogP contribution in [-0.4, -0.2) is 22.5 Å². The van der Waals surface area contributed by atoms with Gasteiger partial charge in [-0.25, -0.2) is 14.2 Å². The fourth-order valence-electron chi connectivity index (χ4n) is 3.93.